The van der Waals surface area contributed by atoms with Crippen LogP contribution < -0.4 is 32.3 Å². The quantitative estimate of drug-likeness (QED) is 0.0376. The van der Waals surface area contributed by atoms with Gasteiger partial charge in [-0.1, -0.05) is 48.5 Å². The summed E-state index contributed by atoms with van der Waals surface area (Å²) in [5.74, 6) is -2.93. The van der Waals surface area contributed by atoms with Gasteiger partial charge in [0.05, 0.1) is 11.5 Å². The molecular formula is C35H41N9O7. The van der Waals surface area contributed by atoms with Gasteiger partial charge in [0, 0.05) is 42.9 Å². The van der Waals surface area contributed by atoms with Crippen molar-refractivity contribution in [2.45, 2.75) is 50.2 Å². The first kappa shape index (κ1) is 37.5. The topological polar surface area (TPSA) is 242 Å². The molecule has 1 aliphatic rings. The third-order valence-corrected chi connectivity index (χ3v) is 8.17. The normalized spacial score (nSPS) is 14.7. The molecule has 51 heavy (non-hydrogen) atoms. The predicted molar refractivity (Wildman–Crippen MR) is 188 cm³/mol. The number of non-ortho nitro benzene ring substituents is 1. The van der Waals surface area contributed by atoms with E-state index in [-0.39, 0.29) is 37.6 Å². The Morgan fingerprint density at radius 2 is 1.57 bits per heavy atom. The number of likely N-dealkylation sites (tertiary alicyclic amines) is 1. The fraction of sp³-hybridized carbons (Fsp3) is 0.314. The van der Waals surface area contributed by atoms with Crippen molar-refractivity contribution < 1.29 is 28.9 Å². The fourth-order valence-corrected chi connectivity index (χ4v) is 5.61. The number of nitro benzene ring substituents is 1. The molecule has 0 spiro atoms. The fourth-order valence-electron chi connectivity index (χ4n) is 5.61. The van der Waals surface area contributed by atoms with E-state index >= 15 is 0 Å². The number of anilines is 1. The summed E-state index contributed by atoms with van der Waals surface area (Å²) >= 11 is 0. The van der Waals surface area contributed by atoms with Crippen LogP contribution in [0, 0.1) is 15.5 Å². The molecule has 3 aromatic rings. The highest BCUT2D eigenvalue weighted by Gasteiger charge is 2.38. The van der Waals surface area contributed by atoms with Crippen molar-refractivity contribution in [1.82, 2.24) is 26.2 Å². The van der Waals surface area contributed by atoms with Gasteiger partial charge in [0.25, 0.3) is 11.6 Å². The monoisotopic (exact) mass is 699 g/mol. The largest absolute Gasteiger partial charge is 0.370 e. The van der Waals surface area contributed by atoms with Crippen LogP contribution in [0.5, 0.6) is 0 Å². The SMILES string of the molecule is N=C(N)NCCC[C@H](NC(=O)c1ccccc1)C(=O)NCC(=O)N[C@@H](Cc1ccccc1)C(=O)N1CCC[C@H]1C(=O)Nc1ccc([N+](=O)[O-])cc1. The van der Waals surface area contributed by atoms with E-state index in [4.69, 9.17) is 11.1 Å². The second-order valence-electron chi connectivity index (χ2n) is 11.9. The second-order valence-corrected chi connectivity index (χ2v) is 11.9. The lowest BCUT2D eigenvalue weighted by molar-refractivity contribution is -0.384. The Kier molecular flexibility index (Phi) is 13.6. The number of hydrogen-bond donors (Lipinski definition) is 7. The summed E-state index contributed by atoms with van der Waals surface area (Å²) in [6.45, 7) is 0.0642. The van der Waals surface area contributed by atoms with Crippen molar-refractivity contribution in [3.05, 3.63) is 106 Å². The van der Waals surface area contributed by atoms with Crippen LogP contribution in [0.1, 0.15) is 41.6 Å². The molecule has 0 radical (unpaired) electrons. The maximum atomic E-state index is 14.0. The van der Waals surface area contributed by atoms with E-state index in [0.717, 1.165) is 5.56 Å². The Morgan fingerprint density at radius 1 is 0.902 bits per heavy atom. The maximum Gasteiger partial charge on any atom is 0.269 e. The molecule has 5 amide bonds. The molecule has 4 rings (SSSR count). The maximum absolute atomic E-state index is 14.0. The van der Waals surface area contributed by atoms with Gasteiger partial charge >= 0.3 is 0 Å². The average molecular weight is 700 g/mol. The Balaban J connectivity index is 1.41. The summed E-state index contributed by atoms with van der Waals surface area (Å²) in [4.78, 5) is 78.4. The summed E-state index contributed by atoms with van der Waals surface area (Å²) in [6, 6.07) is 19.8. The zero-order chi connectivity index (χ0) is 36.8. The highest BCUT2D eigenvalue weighted by atomic mass is 16.6. The predicted octanol–water partition coefficient (Wildman–Crippen LogP) is 1.43. The van der Waals surface area contributed by atoms with Crippen LogP contribution in [0.3, 0.4) is 0 Å². The molecule has 0 unspecified atom stereocenters. The first-order chi connectivity index (χ1) is 24.5. The minimum atomic E-state index is -1.07. The zero-order valence-electron chi connectivity index (χ0n) is 27.8. The number of carbonyl (C=O) groups is 5. The molecular weight excluding hydrogens is 658 g/mol. The number of rotatable bonds is 16. The van der Waals surface area contributed by atoms with E-state index < -0.39 is 59.1 Å². The Bertz CT molecular complexity index is 1710. The molecule has 3 aromatic carbocycles. The lowest BCUT2D eigenvalue weighted by atomic mass is 10.0. The summed E-state index contributed by atoms with van der Waals surface area (Å²) in [5.41, 5.74) is 6.65. The van der Waals surface area contributed by atoms with Crippen LogP contribution in [0.4, 0.5) is 11.4 Å². The van der Waals surface area contributed by atoms with Crippen molar-refractivity contribution >= 4 is 46.9 Å². The van der Waals surface area contributed by atoms with Crippen molar-refractivity contribution in [3.63, 3.8) is 0 Å². The number of amides is 5. The van der Waals surface area contributed by atoms with Gasteiger partial charge in [-0.2, -0.15) is 0 Å². The molecule has 3 atom stereocenters. The van der Waals surface area contributed by atoms with E-state index in [1.807, 2.05) is 6.07 Å². The standard InChI is InChI=1S/C35H41N9O7/c36-35(37)38-19-7-13-27(42-31(46)24-11-5-2-6-12-24)32(47)39-22-30(45)41-28(21-23-9-3-1-4-10-23)34(49)43-20-8-14-29(43)33(48)40-25-15-17-26(18-16-25)44(50)51/h1-6,9-12,15-18,27-29H,7-8,13-14,19-22H2,(H,39,47)(H,40,48)(H,41,45)(H,42,46)(H4,36,37,38)/t27-,28-,29-/m0/s1. The minimum Gasteiger partial charge on any atom is -0.370 e. The number of benzene rings is 3. The molecule has 0 saturated carbocycles. The van der Waals surface area contributed by atoms with Gasteiger partial charge in [-0.15, -0.1) is 0 Å². The number of nitrogens with one attached hydrogen (secondary N) is 6. The van der Waals surface area contributed by atoms with Gasteiger partial charge < -0.3 is 37.2 Å². The van der Waals surface area contributed by atoms with E-state index in [2.05, 4.69) is 26.6 Å². The lowest BCUT2D eigenvalue weighted by Gasteiger charge is -2.29. The smallest absolute Gasteiger partial charge is 0.269 e. The van der Waals surface area contributed by atoms with Gasteiger partial charge in [0.1, 0.15) is 18.1 Å². The van der Waals surface area contributed by atoms with Crippen molar-refractivity contribution in [3.8, 4) is 0 Å². The summed E-state index contributed by atoms with van der Waals surface area (Å²) in [6.07, 6.45) is 1.60. The minimum absolute atomic E-state index is 0.117. The highest BCUT2D eigenvalue weighted by molar-refractivity contribution is 6.00. The zero-order valence-corrected chi connectivity index (χ0v) is 27.8. The van der Waals surface area contributed by atoms with Crippen LogP contribution in [0.15, 0.2) is 84.9 Å². The van der Waals surface area contributed by atoms with Crippen LogP contribution in [0.2, 0.25) is 0 Å². The molecule has 0 bridgehead atoms. The molecule has 268 valence electrons. The summed E-state index contributed by atoms with van der Waals surface area (Å²) in [7, 11) is 0. The van der Waals surface area contributed by atoms with E-state index in [9.17, 15) is 34.1 Å². The molecule has 1 heterocycles. The van der Waals surface area contributed by atoms with Crippen molar-refractivity contribution in [2.75, 3.05) is 25.0 Å². The number of hydrogen-bond acceptors (Lipinski definition) is 8. The molecule has 0 aromatic heterocycles. The molecule has 0 aliphatic carbocycles. The molecule has 1 fully saturated rings. The summed E-state index contributed by atoms with van der Waals surface area (Å²) < 4.78 is 0. The first-order valence-electron chi connectivity index (χ1n) is 16.4. The van der Waals surface area contributed by atoms with Crippen molar-refractivity contribution in [2.24, 2.45) is 5.73 Å². The van der Waals surface area contributed by atoms with Gasteiger partial charge in [-0.3, -0.25) is 39.5 Å². The average Bonchev–Trinajstić information content (AvgIpc) is 3.62. The molecule has 1 saturated heterocycles. The summed E-state index contributed by atoms with van der Waals surface area (Å²) in [5, 5.41) is 31.6. The lowest BCUT2D eigenvalue weighted by Crippen LogP contribution is -2.55. The van der Waals surface area contributed by atoms with E-state index in [0.29, 0.717) is 30.5 Å². The van der Waals surface area contributed by atoms with E-state index in [1.165, 1.54) is 29.2 Å². The Morgan fingerprint density at radius 3 is 2.22 bits per heavy atom. The second kappa shape index (κ2) is 18.4. The van der Waals surface area contributed by atoms with E-state index in [1.54, 1.807) is 54.6 Å². The Hall–Kier alpha value is -6.32. The van der Waals surface area contributed by atoms with Gasteiger partial charge in [0.15, 0.2) is 5.96 Å². The van der Waals surface area contributed by atoms with Gasteiger partial charge in [-0.05, 0) is 55.5 Å². The number of nitro groups is 1. The van der Waals surface area contributed by atoms with Crippen LogP contribution in [-0.2, 0) is 25.6 Å². The number of nitrogens with two attached hydrogens (primary N) is 1. The van der Waals surface area contributed by atoms with Crippen molar-refractivity contribution in [1.29, 1.82) is 5.41 Å². The van der Waals surface area contributed by atoms with Gasteiger partial charge in [-0.25, -0.2) is 0 Å². The first-order valence-corrected chi connectivity index (χ1v) is 16.4. The van der Waals surface area contributed by atoms with Crippen LogP contribution >= 0.6 is 0 Å². The van der Waals surface area contributed by atoms with Gasteiger partial charge in [0.2, 0.25) is 23.6 Å². The number of guanidine groups is 1. The number of carbonyl (C=O) groups excluding carboxylic acids is 5. The molecule has 8 N–H and O–H groups in total. The molecule has 16 heteroatoms. The van der Waals surface area contributed by atoms with Crippen LogP contribution in [0.25, 0.3) is 0 Å². The third-order valence-electron chi connectivity index (χ3n) is 8.17. The Labute approximate surface area is 294 Å². The molecule has 1 aliphatic heterocycles. The van der Waals surface area contributed by atoms with Crippen LogP contribution in [-0.4, -0.2) is 83.1 Å². The molecule has 16 nitrogen and oxygen atoms in total. The highest BCUT2D eigenvalue weighted by Crippen LogP contribution is 2.22. The number of nitrogens with zero attached hydrogens (tertiary/aromatic N) is 2. The third kappa shape index (κ3) is 11.4.